The molecule has 28 heavy (non-hydrogen) atoms. The predicted molar refractivity (Wildman–Crippen MR) is 112 cm³/mol. The van der Waals surface area contributed by atoms with Gasteiger partial charge in [-0.3, -0.25) is 9.59 Å². The van der Waals surface area contributed by atoms with E-state index in [4.69, 9.17) is 4.74 Å². The van der Waals surface area contributed by atoms with Crippen LogP contribution in [0.25, 0.3) is 0 Å². The van der Waals surface area contributed by atoms with Crippen LogP contribution in [0.2, 0.25) is 0 Å². The zero-order valence-electron chi connectivity index (χ0n) is 17.5. The maximum absolute atomic E-state index is 12.7. The SMILES string of the molecule is CCCC(=O)N(Cc1ccc(OC)cc1)[C@@H](C)C(=O)NCCC1=CCCCC1. The monoisotopic (exact) mass is 386 g/mol. The Hall–Kier alpha value is -2.30. The molecule has 154 valence electrons. The number of carbonyl (C=O) groups excluding carboxylic acids is 2. The molecule has 0 bridgehead atoms. The molecule has 1 N–H and O–H groups in total. The number of nitrogens with zero attached hydrogens (tertiary/aromatic N) is 1. The molecule has 0 saturated carbocycles. The van der Waals surface area contributed by atoms with Crippen LogP contribution in [0.3, 0.4) is 0 Å². The van der Waals surface area contributed by atoms with E-state index in [0.29, 0.717) is 19.5 Å². The van der Waals surface area contributed by atoms with Crippen LogP contribution < -0.4 is 10.1 Å². The average Bonchev–Trinajstić information content (AvgIpc) is 2.72. The van der Waals surface area contributed by atoms with Gasteiger partial charge in [0.25, 0.3) is 0 Å². The molecule has 1 aromatic carbocycles. The number of amides is 2. The number of rotatable bonds is 10. The van der Waals surface area contributed by atoms with Crippen molar-refractivity contribution < 1.29 is 14.3 Å². The second-order valence-electron chi connectivity index (χ2n) is 7.44. The molecule has 1 aromatic rings. The molecule has 1 aliphatic rings. The number of ether oxygens (including phenoxy) is 1. The second kappa shape index (κ2) is 11.5. The molecule has 2 amide bonds. The Labute approximate surface area is 169 Å². The van der Waals surface area contributed by atoms with Crippen LogP contribution in [0.15, 0.2) is 35.9 Å². The maximum atomic E-state index is 12.7. The van der Waals surface area contributed by atoms with Gasteiger partial charge in [-0.05, 0) is 63.1 Å². The molecule has 0 aromatic heterocycles. The third-order valence-corrected chi connectivity index (χ3v) is 5.27. The molecule has 2 rings (SSSR count). The lowest BCUT2D eigenvalue weighted by Crippen LogP contribution is -2.47. The summed E-state index contributed by atoms with van der Waals surface area (Å²) >= 11 is 0. The average molecular weight is 387 g/mol. The van der Waals surface area contributed by atoms with Gasteiger partial charge in [-0.25, -0.2) is 0 Å². The van der Waals surface area contributed by atoms with Crippen LogP contribution in [0.1, 0.15) is 64.4 Å². The van der Waals surface area contributed by atoms with Gasteiger partial charge in [0.05, 0.1) is 7.11 Å². The number of carbonyl (C=O) groups is 2. The molecule has 0 aliphatic heterocycles. The summed E-state index contributed by atoms with van der Waals surface area (Å²) in [5.74, 6) is 0.698. The van der Waals surface area contributed by atoms with E-state index >= 15 is 0 Å². The van der Waals surface area contributed by atoms with Gasteiger partial charge in [-0.15, -0.1) is 0 Å². The first-order valence-electron chi connectivity index (χ1n) is 10.4. The lowest BCUT2D eigenvalue weighted by molar-refractivity contribution is -0.140. The van der Waals surface area contributed by atoms with Crippen molar-refractivity contribution in [3.05, 3.63) is 41.5 Å². The van der Waals surface area contributed by atoms with Crippen molar-refractivity contribution >= 4 is 11.8 Å². The third-order valence-electron chi connectivity index (χ3n) is 5.27. The minimum atomic E-state index is -0.499. The van der Waals surface area contributed by atoms with Gasteiger partial charge in [0, 0.05) is 19.5 Å². The van der Waals surface area contributed by atoms with Gasteiger partial charge in [0.15, 0.2) is 0 Å². The van der Waals surface area contributed by atoms with Crippen LogP contribution in [-0.4, -0.2) is 36.4 Å². The molecular weight excluding hydrogens is 352 g/mol. The van der Waals surface area contributed by atoms with E-state index < -0.39 is 6.04 Å². The number of nitrogens with one attached hydrogen (secondary N) is 1. The number of hydrogen-bond donors (Lipinski definition) is 1. The number of benzene rings is 1. The molecule has 0 heterocycles. The van der Waals surface area contributed by atoms with Crippen LogP contribution >= 0.6 is 0 Å². The molecule has 5 heteroatoms. The van der Waals surface area contributed by atoms with Gasteiger partial charge >= 0.3 is 0 Å². The fourth-order valence-corrected chi connectivity index (χ4v) is 3.49. The largest absolute Gasteiger partial charge is 0.497 e. The smallest absolute Gasteiger partial charge is 0.242 e. The first-order valence-corrected chi connectivity index (χ1v) is 10.4. The van der Waals surface area contributed by atoms with Crippen molar-refractivity contribution in [1.29, 1.82) is 0 Å². The quantitative estimate of drug-likeness (QED) is 0.613. The molecule has 0 unspecified atom stereocenters. The predicted octanol–water partition coefficient (Wildman–Crippen LogP) is 4.22. The van der Waals surface area contributed by atoms with Crippen molar-refractivity contribution in [3.8, 4) is 5.75 Å². The molecule has 0 spiro atoms. The van der Waals surface area contributed by atoms with Crippen molar-refractivity contribution in [3.63, 3.8) is 0 Å². The summed E-state index contributed by atoms with van der Waals surface area (Å²) in [7, 11) is 1.63. The van der Waals surface area contributed by atoms with Gasteiger partial charge in [-0.2, -0.15) is 0 Å². The number of methoxy groups -OCH3 is 1. The molecule has 0 radical (unpaired) electrons. The van der Waals surface area contributed by atoms with Crippen molar-refractivity contribution in [2.75, 3.05) is 13.7 Å². The van der Waals surface area contributed by atoms with E-state index in [-0.39, 0.29) is 11.8 Å². The molecular formula is C23H34N2O3. The summed E-state index contributed by atoms with van der Waals surface area (Å²) in [4.78, 5) is 27.0. The van der Waals surface area contributed by atoms with E-state index in [1.54, 1.807) is 12.0 Å². The van der Waals surface area contributed by atoms with Gasteiger partial charge in [0.1, 0.15) is 11.8 Å². The van der Waals surface area contributed by atoms with Gasteiger partial charge in [-0.1, -0.05) is 30.7 Å². The van der Waals surface area contributed by atoms with Crippen LogP contribution in [0.4, 0.5) is 0 Å². The minimum Gasteiger partial charge on any atom is -0.497 e. The third kappa shape index (κ3) is 6.70. The van der Waals surface area contributed by atoms with Crippen molar-refractivity contribution in [2.24, 2.45) is 0 Å². The van der Waals surface area contributed by atoms with Crippen molar-refractivity contribution in [2.45, 2.75) is 71.4 Å². The lowest BCUT2D eigenvalue weighted by atomic mass is 9.97. The molecule has 0 saturated heterocycles. The summed E-state index contributed by atoms with van der Waals surface area (Å²) in [5, 5.41) is 3.02. The Balaban J connectivity index is 1.96. The van der Waals surface area contributed by atoms with E-state index in [2.05, 4.69) is 11.4 Å². The zero-order valence-corrected chi connectivity index (χ0v) is 17.5. The summed E-state index contributed by atoms with van der Waals surface area (Å²) < 4.78 is 5.19. The van der Waals surface area contributed by atoms with E-state index in [1.807, 2.05) is 38.1 Å². The molecule has 1 atom stereocenters. The summed E-state index contributed by atoms with van der Waals surface area (Å²) in [5.41, 5.74) is 2.42. The van der Waals surface area contributed by atoms with Crippen LogP contribution in [0.5, 0.6) is 5.75 Å². The number of hydrogen-bond acceptors (Lipinski definition) is 3. The maximum Gasteiger partial charge on any atom is 0.242 e. The first-order chi connectivity index (χ1) is 13.5. The first kappa shape index (κ1) is 22.0. The Morgan fingerprint density at radius 1 is 1.21 bits per heavy atom. The molecule has 5 nitrogen and oxygen atoms in total. The highest BCUT2D eigenvalue weighted by atomic mass is 16.5. The topological polar surface area (TPSA) is 58.6 Å². The highest BCUT2D eigenvalue weighted by molar-refractivity contribution is 5.87. The van der Waals surface area contributed by atoms with Crippen LogP contribution in [0, 0.1) is 0 Å². The zero-order chi connectivity index (χ0) is 20.4. The fraction of sp³-hybridized carbons (Fsp3) is 0.565. The van der Waals surface area contributed by atoms with Gasteiger partial charge < -0.3 is 15.0 Å². The summed E-state index contributed by atoms with van der Waals surface area (Å²) in [6.07, 6.45) is 9.23. The highest BCUT2D eigenvalue weighted by Gasteiger charge is 2.25. The highest BCUT2D eigenvalue weighted by Crippen LogP contribution is 2.19. The Kier molecular flexibility index (Phi) is 9.05. The van der Waals surface area contributed by atoms with E-state index in [9.17, 15) is 9.59 Å². The summed E-state index contributed by atoms with van der Waals surface area (Å²) in [6, 6.07) is 7.12. The second-order valence-corrected chi connectivity index (χ2v) is 7.44. The Morgan fingerprint density at radius 3 is 2.57 bits per heavy atom. The Bertz CT molecular complexity index is 667. The van der Waals surface area contributed by atoms with Crippen LogP contribution in [-0.2, 0) is 16.1 Å². The van der Waals surface area contributed by atoms with E-state index in [0.717, 1.165) is 37.0 Å². The standard InChI is InChI=1S/C23H34N2O3/c1-4-8-22(26)25(17-20-11-13-21(28-3)14-12-20)18(2)23(27)24-16-15-19-9-6-5-7-10-19/h9,11-14,18H,4-8,10,15-17H2,1-3H3,(H,24,27)/t18-/m0/s1. The van der Waals surface area contributed by atoms with Gasteiger partial charge in [0.2, 0.25) is 11.8 Å². The number of allylic oxidation sites excluding steroid dienone is 1. The lowest BCUT2D eigenvalue weighted by Gasteiger charge is -2.29. The fourth-order valence-electron chi connectivity index (χ4n) is 3.49. The minimum absolute atomic E-state index is 0.0101. The van der Waals surface area contributed by atoms with Crippen molar-refractivity contribution in [1.82, 2.24) is 10.2 Å². The van der Waals surface area contributed by atoms with E-state index in [1.165, 1.54) is 18.4 Å². The Morgan fingerprint density at radius 2 is 1.96 bits per heavy atom. The normalized spacial score (nSPS) is 14.8. The molecule has 1 aliphatic carbocycles. The summed E-state index contributed by atoms with van der Waals surface area (Å²) in [6.45, 7) is 4.84. The molecule has 0 fully saturated rings.